The van der Waals surface area contributed by atoms with E-state index in [9.17, 15) is 18.0 Å². The molecule has 0 aromatic heterocycles. The lowest BCUT2D eigenvalue weighted by Crippen LogP contribution is -2.67. The number of nitrogens with one attached hydrogen (secondary N) is 1. The fourth-order valence-corrected chi connectivity index (χ4v) is 0.786. The maximum Gasteiger partial charge on any atom is 0.453 e. The molecule has 0 saturated carbocycles. The lowest BCUT2D eigenvalue weighted by molar-refractivity contribution is -0.194. The second-order valence-corrected chi connectivity index (χ2v) is 2.46. The fourth-order valence-electron chi connectivity index (χ4n) is 0.786. The van der Waals surface area contributed by atoms with Crippen molar-refractivity contribution in [2.75, 3.05) is 13.1 Å². The third kappa shape index (κ3) is 1.36. The summed E-state index contributed by atoms with van der Waals surface area (Å²) in [4.78, 5) is 10.4. The molecule has 1 aliphatic heterocycles. The number of aliphatic hydroxyl groups is 1. The molecule has 0 aromatic carbocycles. The first-order chi connectivity index (χ1) is 4.86. The number of hydrogen-bond donors (Lipinski definition) is 2. The van der Waals surface area contributed by atoms with Crippen LogP contribution in [0.15, 0.2) is 0 Å². The van der Waals surface area contributed by atoms with Gasteiger partial charge in [0.1, 0.15) is 0 Å². The number of halogens is 3. The van der Waals surface area contributed by atoms with Crippen molar-refractivity contribution in [3.05, 3.63) is 0 Å². The molecule has 3 nitrogen and oxygen atoms in total. The Morgan fingerprint density at radius 2 is 1.91 bits per heavy atom. The van der Waals surface area contributed by atoms with Crippen LogP contribution in [0.4, 0.5) is 13.2 Å². The van der Waals surface area contributed by atoms with E-state index in [0.29, 0.717) is 0 Å². The molecular formula is C5H6F3NO2. The smallest absolute Gasteiger partial charge is 0.379 e. The van der Waals surface area contributed by atoms with Gasteiger partial charge in [-0.3, -0.25) is 4.79 Å². The van der Waals surface area contributed by atoms with Gasteiger partial charge in [-0.05, 0) is 0 Å². The Bertz CT molecular complexity index is 185. The molecule has 1 aliphatic rings. The van der Waals surface area contributed by atoms with Crippen LogP contribution in [0.5, 0.6) is 0 Å². The lowest BCUT2D eigenvalue weighted by atomic mass is 9.91. The van der Waals surface area contributed by atoms with Crippen LogP contribution >= 0.6 is 0 Å². The highest BCUT2D eigenvalue weighted by Gasteiger charge is 2.55. The zero-order valence-electron chi connectivity index (χ0n) is 5.40. The highest BCUT2D eigenvalue weighted by atomic mass is 19.4. The normalized spacial score (nSPS) is 22.5. The summed E-state index contributed by atoms with van der Waals surface area (Å²) in [6.07, 6.45) is -4.93. The molecule has 1 heterocycles. The molecule has 11 heavy (non-hydrogen) atoms. The van der Waals surface area contributed by atoms with Gasteiger partial charge in [0.15, 0.2) is 5.60 Å². The third-order valence-electron chi connectivity index (χ3n) is 1.52. The van der Waals surface area contributed by atoms with E-state index in [2.05, 4.69) is 5.32 Å². The van der Waals surface area contributed by atoms with E-state index in [1.165, 1.54) is 0 Å². The zero-order chi connectivity index (χ0) is 8.70. The van der Waals surface area contributed by atoms with Crippen LogP contribution in [-0.4, -0.2) is 35.8 Å². The maximum absolute atomic E-state index is 11.6. The van der Waals surface area contributed by atoms with Crippen LogP contribution in [0.2, 0.25) is 0 Å². The molecule has 0 unspecified atom stereocenters. The molecular weight excluding hydrogens is 163 g/mol. The van der Waals surface area contributed by atoms with E-state index in [0.717, 1.165) is 0 Å². The van der Waals surface area contributed by atoms with E-state index in [4.69, 9.17) is 5.11 Å². The molecule has 0 aromatic rings. The van der Waals surface area contributed by atoms with Gasteiger partial charge in [0.2, 0.25) is 0 Å². The van der Waals surface area contributed by atoms with Gasteiger partial charge < -0.3 is 10.4 Å². The van der Waals surface area contributed by atoms with Gasteiger partial charge in [-0.1, -0.05) is 0 Å². The third-order valence-corrected chi connectivity index (χ3v) is 1.52. The first-order valence-corrected chi connectivity index (χ1v) is 2.91. The number of alkyl halides is 3. The Hall–Kier alpha value is -0.620. The van der Waals surface area contributed by atoms with E-state index < -0.39 is 17.6 Å². The topological polar surface area (TPSA) is 49.3 Å². The predicted molar refractivity (Wildman–Crippen MR) is 28.9 cm³/mol. The number of ketones is 1. The van der Waals surface area contributed by atoms with Crippen LogP contribution in [0.25, 0.3) is 0 Å². The minimum atomic E-state index is -4.93. The summed E-state index contributed by atoms with van der Waals surface area (Å²) in [6.45, 7) is -0.628. The van der Waals surface area contributed by atoms with Gasteiger partial charge in [0.05, 0.1) is 0 Å². The fraction of sp³-hybridized carbons (Fsp3) is 0.800. The monoisotopic (exact) mass is 169 g/mol. The maximum atomic E-state index is 11.6. The average molecular weight is 169 g/mol. The molecule has 1 rings (SSSR count). The SMILES string of the molecule is O=C(C(F)(F)F)C1(O)CNC1. The van der Waals surface area contributed by atoms with Crippen LogP contribution in [-0.2, 0) is 4.79 Å². The Morgan fingerprint density at radius 3 is 2.00 bits per heavy atom. The number of rotatable bonds is 1. The summed E-state index contributed by atoms with van der Waals surface area (Å²) in [7, 11) is 0. The molecule has 0 amide bonds. The summed E-state index contributed by atoms with van der Waals surface area (Å²) in [5, 5.41) is 11.3. The number of carbonyl (C=O) groups excluding carboxylic acids is 1. The molecule has 0 spiro atoms. The summed E-state index contributed by atoms with van der Waals surface area (Å²) < 4.78 is 34.9. The number of carbonyl (C=O) groups is 1. The van der Waals surface area contributed by atoms with Crippen LogP contribution in [0.3, 0.4) is 0 Å². The Balaban J connectivity index is 2.68. The van der Waals surface area contributed by atoms with Gasteiger partial charge in [-0.2, -0.15) is 13.2 Å². The van der Waals surface area contributed by atoms with E-state index in [1.54, 1.807) is 0 Å². The molecule has 2 N–H and O–H groups in total. The van der Waals surface area contributed by atoms with Crippen molar-refractivity contribution < 1.29 is 23.1 Å². The summed E-state index contributed by atoms with van der Waals surface area (Å²) >= 11 is 0. The van der Waals surface area contributed by atoms with E-state index >= 15 is 0 Å². The largest absolute Gasteiger partial charge is 0.453 e. The molecule has 0 bridgehead atoms. The molecule has 1 saturated heterocycles. The second kappa shape index (κ2) is 2.18. The van der Waals surface area contributed by atoms with E-state index in [1.807, 2.05) is 0 Å². The molecule has 64 valence electrons. The van der Waals surface area contributed by atoms with Gasteiger partial charge in [0.25, 0.3) is 5.78 Å². The molecule has 0 radical (unpaired) electrons. The van der Waals surface area contributed by atoms with Crippen LogP contribution < -0.4 is 5.32 Å². The summed E-state index contributed by atoms with van der Waals surface area (Å²) in [5.41, 5.74) is -2.21. The van der Waals surface area contributed by atoms with Crippen molar-refractivity contribution >= 4 is 5.78 Å². The van der Waals surface area contributed by atoms with Crippen molar-refractivity contribution in [3.8, 4) is 0 Å². The van der Waals surface area contributed by atoms with Crippen molar-refractivity contribution in [1.29, 1.82) is 0 Å². The van der Waals surface area contributed by atoms with E-state index in [-0.39, 0.29) is 13.1 Å². The van der Waals surface area contributed by atoms with Crippen molar-refractivity contribution in [2.24, 2.45) is 0 Å². The first kappa shape index (κ1) is 8.48. The summed E-state index contributed by atoms with van der Waals surface area (Å²) in [6, 6.07) is 0. The Morgan fingerprint density at radius 1 is 1.45 bits per heavy atom. The summed E-state index contributed by atoms with van der Waals surface area (Å²) in [5.74, 6) is -2.07. The van der Waals surface area contributed by atoms with Crippen molar-refractivity contribution in [2.45, 2.75) is 11.8 Å². The first-order valence-electron chi connectivity index (χ1n) is 2.91. The highest BCUT2D eigenvalue weighted by molar-refractivity contribution is 5.93. The highest BCUT2D eigenvalue weighted by Crippen LogP contribution is 2.25. The molecule has 0 atom stereocenters. The zero-order valence-corrected chi connectivity index (χ0v) is 5.40. The Kier molecular flexibility index (Phi) is 1.68. The number of Topliss-reactive ketones (excluding diaryl/α,β-unsaturated/α-hetero) is 1. The van der Waals surface area contributed by atoms with Gasteiger partial charge in [0, 0.05) is 13.1 Å². The van der Waals surface area contributed by atoms with Crippen molar-refractivity contribution in [3.63, 3.8) is 0 Å². The number of hydrogen-bond acceptors (Lipinski definition) is 3. The molecule has 6 heteroatoms. The lowest BCUT2D eigenvalue weighted by Gasteiger charge is -2.35. The molecule has 0 aliphatic carbocycles. The second-order valence-electron chi connectivity index (χ2n) is 2.46. The van der Waals surface area contributed by atoms with Gasteiger partial charge >= 0.3 is 6.18 Å². The Labute approximate surface area is 60.2 Å². The van der Waals surface area contributed by atoms with Gasteiger partial charge in [-0.25, -0.2) is 0 Å². The molecule has 1 fully saturated rings. The minimum Gasteiger partial charge on any atom is -0.379 e. The van der Waals surface area contributed by atoms with Gasteiger partial charge in [-0.15, -0.1) is 0 Å². The minimum absolute atomic E-state index is 0.314. The average Bonchev–Trinajstić information content (AvgIpc) is 1.79. The number of β-amino-alcohol motifs (C(OH)–C–C–N with tert-alkyl or cyclic N) is 1. The predicted octanol–water partition coefficient (Wildman–Crippen LogP) is -0.548. The quantitative estimate of drug-likeness (QED) is 0.553. The standard InChI is InChI=1S/C5H6F3NO2/c6-5(7,8)3(10)4(11)1-9-2-4/h9,11H,1-2H2. The van der Waals surface area contributed by atoms with Crippen LogP contribution in [0, 0.1) is 0 Å². The van der Waals surface area contributed by atoms with Crippen LogP contribution in [0.1, 0.15) is 0 Å². The van der Waals surface area contributed by atoms with Crippen molar-refractivity contribution in [1.82, 2.24) is 5.32 Å².